The Morgan fingerprint density at radius 3 is 2.81 bits per heavy atom. The highest BCUT2D eigenvalue weighted by Crippen LogP contribution is 2.25. The third-order valence-electron chi connectivity index (χ3n) is 3.80. The topological polar surface area (TPSA) is 118 Å². The summed E-state index contributed by atoms with van der Waals surface area (Å²) >= 11 is 0. The molecule has 2 N–H and O–H groups in total. The van der Waals surface area contributed by atoms with Crippen LogP contribution in [0.3, 0.4) is 0 Å². The van der Waals surface area contributed by atoms with E-state index in [0.29, 0.717) is 11.5 Å². The molecular weight excluding hydrogens is 354 g/mol. The zero-order valence-corrected chi connectivity index (χ0v) is 14.6. The second-order valence-corrected chi connectivity index (χ2v) is 7.58. The molecule has 26 heavy (non-hydrogen) atoms. The fraction of sp³-hybridized carbons (Fsp3) is 0.125. The molecule has 4 rings (SSSR count). The number of aromatic amines is 1. The Labute approximate surface area is 149 Å². The van der Waals surface area contributed by atoms with Gasteiger partial charge in [-0.1, -0.05) is 6.07 Å². The van der Waals surface area contributed by atoms with Gasteiger partial charge in [0.25, 0.3) is 0 Å². The quantitative estimate of drug-likeness (QED) is 0.547. The molecule has 9 nitrogen and oxygen atoms in total. The van der Waals surface area contributed by atoms with E-state index in [9.17, 15) is 8.42 Å². The Bertz CT molecular complexity index is 1160. The summed E-state index contributed by atoms with van der Waals surface area (Å²) < 4.78 is 26.4. The van der Waals surface area contributed by atoms with Crippen LogP contribution in [-0.4, -0.2) is 44.4 Å². The maximum Gasteiger partial charge on any atom is 0.209 e. The minimum Gasteiger partial charge on any atom is -0.343 e. The van der Waals surface area contributed by atoms with Crippen LogP contribution in [0.4, 0.5) is 0 Å². The van der Waals surface area contributed by atoms with Crippen LogP contribution in [0.25, 0.3) is 28.1 Å². The molecule has 0 radical (unpaired) electrons. The number of aromatic nitrogens is 6. The number of fused-ring (bicyclic) bond motifs is 1. The third kappa shape index (κ3) is 3.32. The molecule has 0 fully saturated rings. The standard InChI is InChI=1S/C16H15N7O2S/c1-26(24,25)22-7-11-2-3-14(18-6-11)23-9-12(8-21-23)13-4-5-17-16-15(13)19-10-20-16/h2-6,8-10,22H,7H2,1H3,(H,17,19,20). The van der Waals surface area contributed by atoms with Gasteiger partial charge in [-0.3, -0.25) is 0 Å². The predicted molar refractivity (Wildman–Crippen MR) is 95.9 cm³/mol. The van der Waals surface area contributed by atoms with Gasteiger partial charge in [0, 0.05) is 36.3 Å². The second kappa shape index (κ2) is 6.32. The number of nitrogens with one attached hydrogen (secondary N) is 2. The summed E-state index contributed by atoms with van der Waals surface area (Å²) in [6.45, 7) is 0.200. The SMILES string of the molecule is CS(=O)(=O)NCc1ccc(-n2cc(-c3ccnc4nc[nH]c34)cn2)nc1. The van der Waals surface area contributed by atoms with E-state index in [2.05, 4.69) is 29.8 Å². The summed E-state index contributed by atoms with van der Waals surface area (Å²) in [7, 11) is -3.23. The van der Waals surface area contributed by atoms with Crippen molar-refractivity contribution in [3.05, 3.63) is 54.9 Å². The van der Waals surface area contributed by atoms with Gasteiger partial charge >= 0.3 is 0 Å². The lowest BCUT2D eigenvalue weighted by Crippen LogP contribution is -2.21. The van der Waals surface area contributed by atoms with Crippen LogP contribution in [0, 0.1) is 0 Å². The molecule has 0 unspecified atom stereocenters. The Morgan fingerprint density at radius 2 is 2.04 bits per heavy atom. The Balaban J connectivity index is 1.59. The van der Waals surface area contributed by atoms with Crippen LogP contribution in [0.15, 0.2) is 49.3 Å². The molecule has 0 atom stereocenters. The van der Waals surface area contributed by atoms with Gasteiger partial charge in [0.15, 0.2) is 11.5 Å². The first-order valence-electron chi connectivity index (χ1n) is 7.73. The van der Waals surface area contributed by atoms with E-state index in [1.54, 1.807) is 41.7 Å². The molecule has 0 saturated carbocycles. The van der Waals surface area contributed by atoms with Gasteiger partial charge < -0.3 is 4.98 Å². The molecule has 0 aliphatic carbocycles. The van der Waals surface area contributed by atoms with Gasteiger partial charge in [0.1, 0.15) is 0 Å². The molecule has 0 amide bonds. The van der Waals surface area contributed by atoms with Crippen molar-refractivity contribution in [2.75, 3.05) is 6.26 Å². The molecule has 0 bridgehead atoms. The molecule has 4 aromatic heterocycles. The van der Waals surface area contributed by atoms with E-state index in [1.807, 2.05) is 12.3 Å². The summed E-state index contributed by atoms with van der Waals surface area (Å²) in [5.41, 5.74) is 4.12. The van der Waals surface area contributed by atoms with Crippen LogP contribution >= 0.6 is 0 Å². The normalized spacial score (nSPS) is 11.9. The van der Waals surface area contributed by atoms with Gasteiger partial charge in [0.2, 0.25) is 10.0 Å². The number of H-pyrrole nitrogens is 1. The Kier molecular flexibility index (Phi) is 3.98. The number of hydrogen-bond donors (Lipinski definition) is 2. The number of imidazole rings is 1. The molecule has 132 valence electrons. The monoisotopic (exact) mass is 369 g/mol. The first-order chi connectivity index (χ1) is 12.5. The number of sulfonamides is 1. The largest absolute Gasteiger partial charge is 0.343 e. The van der Waals surface area contributed by atoms with Gasteiger partial charge in [-0.15, -0.1) is 0 Å². The highest BCUT2D eigenvalue weighted by molar-refractivity contribution is 7.88. The van der Waals surface area contributed by atoms with E-state index in [4.69, 9.17) is 0 Å². The summed E-state index contributed by atoms with van der Waals surface area (Å²) in [6.07, 6.45) is 9.67. The lowest BCUT2D eigenvalue weighted by molar-refractivity contribution is 0.587. The zero-order valence-electron chi connectivity index (χ0n) is 13.8. The smallest absolute Gasteiger partial charge is 0.209 e. The summed E-state index contributed by atoms with van der Waals surface area (Å²) in [4.78, 5) is 15.8. The van der Waals surface area contributed by atoms with Crippen LogP contribution in [0.2, 0.25) is 0 Å². The number of hydrogen-bond acceptors (Lipinski definition) is 6. The molecule has 4 heterocycles. The van der Waals surface area contributed by atoms with Crippen LogP contribution in [0.1, 0.15) is 5.56 Å². The highest BCUT2D eigenvalue weighted by Gasteiger charge is 2.10. The molecule has 10 heteroatoms. The van der Waals surface area contributed by atoms with Gasteiger partial charge in [-0.25, -0.2) is 32.8 Å². The van der Waals surface area contributed by atoms with E-state index >= 15 is 0 Å². The van der Waals surface area contributed by atoms with Crippen molar-refractivity contribution in [1.82, 2.24) is 34.4 Å². The van der Waals surface area contributed by atoms with Crippen molar-refractivity contribution in [2.24, 2.45) is 0 Å². The predicted octanol–water partition coefficient (Wildman–Crippen LogP) is 1.25. The molecule has 0 aliphatic heterocycles. The summed E-state index contributed by atoms with van der Waals surface area (Å²) in [5, 5.41) is 4.36. The van der Waals surface area contributed by atoms with E-state index < -0.39 is 10.0 Å². The van der Waals surface area contributed by atoms with Gasteiger partial charge in [-0.2, -0.15) is 5.10 Å². The average molecular weight is 369 g/mol. The number of nitrogens with zero attached hydrogens (tertiary/aromatic N) is 5. The fourth-order valence-electron chi connectivity index (χ4n) is 2.55. The van der Waals surface area contributed by atoms with Gasteiger partial charge in [-0.05, 0) is 17.7 Å². The van der Waals surface area contributed by atoms with E-state index in [-0.39, 0.29) is 6.54 Å². The van der Waals surface area contributed by atoms with E-state index in [0.717, 1.165) is 28.5 Å². The average Bonchev–Trinajstić information content (AvgIpc) is 3.29. The van der Waals surface area contributed by atoms with Crippen molar-refractivity contribution in [1.29, 1.82) is 0 Å². The lowest BCUT2D eigenvalue weighted by Gasteiger charge is -2.04. The summed E-state index contributed by atoms with van der Waals surface area (Å²) in [5.74, 6) is 0.634. The molecule has 0 spiro atoms. The molecule has 0 aliphatic rings. The summed E-state index contributed by atoms with van der Waals surface area (Å²) in [6, 6.07) is 5.49. The maximum absolute atomic E-state index is 11.1. The maximum atomic E-state index is 11.1. The van der Waals surface area contributed by atoms with Crippen LogP contribution < -0.4 is 4.72 Å². The van der Waals surface area contributed by atoms with Crippen molar-refractivity contribution in [2.45, 2.75) is 6.54 Å². The first-order valence-corrected chi connectivity index (χ1v) is 9.62. The number of pyridine rings is 2. The third-order valence-corrected chi connectivity index (χ3v) is 4.47. The molecule has 4 aromatic rings. The molecule has 0 saturated heterocycles. The minimum absolute atomic E-state index is 0.200. The zero-order chi connectivity index (χ0) is 18.1. The van der Waals surface area contributed by atoms with Crippen molar-refractivity contribution in [3.8, 4) is 16.9 Å². The Hall–Kier alpha value is -3.11. The van der Waals surface area contributed by atoms with E-state index in [1.165, 1.54) is 0 Å². The highest BCUT2D eigenvalue weighted by atomic mass is 32.2. The van der Waals surface area contributed by atoms with Crippen molar-refractivity contribution in [3.63, 3.8) is 0 Å². The minimum atomic E-state index is -3.23. The molecular formula is C16H15N7O2S. The number of rotatable bonds is 5. The molecule has 0 aromatic carbocycles. The van der Waals surface area contributed by atoms with Crippen molar-refractivity contribution >= 4 is 21.2 Å². The van der Waals surface area contributed by atoms with Crippen LogP contribution in [0.5, 0.6) is 0 Å². The van der Waals surface area contributed by atoms with Crippen LogP contribution in [-0.2, 0) is 16.6 Å². The van der Waals surface area contributed by atoms with Crippen molar-refractivity contribution < 1.29 is 8.42 Å². The Morgan fingerprint density at radius 1 is 1.15 bits per heavy atom. The lowest BCUT2D eigenvalue weighted by atomic mass is 10.1. The fourth-order valence-corrected chi connectivity index (χ4v) is 2.98. The van der Waals surface area contributed by atoms with Gasteiger partial charge in [0.05, 0.1) is 24.3 Å². The second-order valence-electron chi connectivity index (χ2n) is 5.75. The first kappa shape index (κ1) is 16.4.